The first-order valence-electron chi connectivity index (χ1n) is 10.5. The summed E-state index contributed by atoms with van der Waals surface area (Å²) < 4.78 is 28.3. The van der Waals surface area contributed by atoms with E-state index in [4.69, 9.17) is 11.6 Å². The van der Waals surface area contributed by atoms with Crippen LogP contribution in [0.4, 0.5) is 11.4 Å². The largest absolute Gasteiger partial charge is 0.322 e. The van der Waals surface area contributed by atoms with E-state index >= 15 is 0 Å². The van der Waals surface area contributed by atoms with Gasteiger partial charge in [0.05, 0.1) is 5.02 Å². The molecule has 0 aliphatic heterocycles. The maximum atomic E-state index is 12.9. The molecular formula is C26H22ClN3O3S. The number of nitrogens with one attached hydrogen (secondary N) is 2. The zero-order valence-electron chi connectivity index (χ0n) is 18.3. The number of carbonyl (C=O) groups is 1. The second kappa shape index (κ2) is 10.1. The molecule has 8 heteroatoms. The predicted molar refractivity (Wildman–Crippen MR) is 135 cm³/mol. The van der Waals surface area contributed by atoms with Crippen LogP contribution in [-0.2, 0) is 16.4 Å². The molecular weight excluding hydrogens is 470 g/mol. The highest BCUT2D eigenvalue weighted by Gasteiger charge is 2.20. The third-order valence-corrected chi connectivity index (χ3v) is 7.02. The summed E-state index contributed by atoms with van der Waals surface area (Å²) >= 11 is 6.17. The lowest BCUT2D eigenvalue weighted by atomic mass is 10.1. The number of carbonyl (C=O) groups excluding carboxylic acids is 1. The summed E-state index contributed by atoms with van der Waals surface area (Å²) in [5.74, 6) is -0.440. The highest BCUT2D eigenvalue weighted by molar-refractivity contribution is 7.92. The molecule has 0 saturated carbocycles. The maximum Gasteiger partial charge on any atom is 0.263 e. The summed E-state index contributed by atoms with van der Waals surface area (Å²) in [5.41, 5.74) is 4.41. The van der Waals surface area contributed by atoms with Crippen LogP contribution < -0.4 is 10.0 Å². The third-order valence-electron chi connectivity index (χ3n) is 5.16. The van der Waals surface area contributed by atoms with Crippen LogP contribution in [0, 0.1) is 6.92 Å². The molecule has 0 saturated heterocycles. The third kappa shape index (κ3) is 5.81. The number of pyridine rings is 1. The molecule has 1 amide bonds. The van der Waals surface area contributed by atoms with E-state index in [-0.39, 0.29) is 15.5 Å². The molecule has 3 aromatic carbocycles. The number of benzene rings is 3. The Kier molecular flexibility index (Phi) is 6.95. The molecule has 1 heterocycles. The molecule has 0 aliphatic rings. The normalized spacial score (nSPS) is 11.1. The first-order chi connectivity index (χ1) is 16.3. The van der Waals surface area contributed by atoms with Crippen molar-refractivity contribution in [1.82, 2.24) is 4.98 Å². The zero-order chi connectivity index (χ0) is 24.1. The monoisotopic (exact) mass is 491 g/mol. The van der Waals surface area contributed by atoms with E-state index in [1.54, 1.807) is 48.8 Å². The van der Waals surface area contributed by atoms with Crippen LogP contribution in [0.2, 0.25) is 5.02 Å². The fraction of sp³-hybridized carbons (Fsp3) is 0.0769. The molecule has 0 fully saturated rings. The zero-order valence-corrected chi connectivity index (χ0v) is 19.9. The van der Waals surface area contributed by atoms with Gasteiger partial charge < -0.3 is 5.32 Å². The summed E-state index contributed by atoms with van der Waals surface area (Å²) in [6, 6.07) is 22.5. The van der Waals surface area contributed by atoms with Gasteiger partial charge in [0.15, 0.2) is 0 Å². The quantitative estimate of drug-likeness (QED) is 0.347. The van der Waals surface area contributed by atoms with E-state index in [0.29, 0.717) is 11.4 Å². The van der Waals surface area contributed by atoms with Gasteiger partial charge in [0.1, 0.15) is 4.90 Å². The van der Waals surface area contributed by atoms with E-state index in [9.17, 15) is 13.2 Å². The molecule has 1 aromatic heterocycles. The number of amides is 1. The van der Waals surface area contributed by atoms with Crippen molar-refractivity contribution in [2.45, 2.75) is 18.2 Å². The minimum atomic E-state index is -3.99. The first-order valence-corrected chi connectivity index (χ1v) is 12.3. The van der Waals surface area contributed by atoms with E-state index in [2.05, 4.69) is 15.0 Å². The maximum absolute atomic E-state index is 12.9. The average molecular weight is 492 g/mol. The molecule has 0 aliphatic carbocycles. The van der Waals surface area contributed by atoms with Gasteiger partial charge in [-0.05, 0) is 79.1 Å². The van der Waals surface area contributed by atoms with Gasteiger partial charge >= 0.3 is 0 Å². The summed E-state index contributed by atoms with van der Waals surface area (Å²) in [6.45, 7) is 1.91. The predicted octanol–water partition coefficient (Wildman–Crippen LogP) is 5.69. The van der Waals surface area contributed by atoms with Crippen LogP contribution in [0.25, 0.3) is 0 Å². The lowest BCUT2D eigenvalue weighted by Crippen LogP contribution is -2.16. The number of aromatic nitrogens is 1. The molecule has 34 heavy (non-hydrogen) atoms. The molecule has 0 atom stereocenters. The lowest BCUT2D eigenvalue weighted by molar-refractivity contribution is 0.102. The summed E-state index contributed by atoms with van der Waals surface area (Å²) in [7, 11) is -3.99. The Balaban J connectivity index is 1.48. The number of hydrogen-bond donors (Lipinski definition) is 2. The Bertz CT molecular complexity index is 1410. The van der Waals surface area contributed by atoms with Gasteiger partial charge in [0.2, 0.25) is 0 Å². The van der Waals surface area contributed by atoms with E-state index in [1.807, 2.05) is 31.2 Å². The molecule has 0 bridgehead atoms. The number of anilines is 2. The molecule has 172 valence electrons. The molecule has 0 radical (unpaired) electrons. The Morgan fingerprint density at radius 1 is 0.853 bits per heavy atom. The highest BCUT2D eigenvalue weighted by Crippen LogP contribution is 2.26. The number of halogens is 1. The van der Waals surface area contributed by atoms with E-state index in [0.717, 1.165) is 23.1 Å². The average Bonchev–Trinajstić information content (AvgIpc) is 2.82. The van der Waals surface area contributed by atoms with Crippen molar-refractivity contribution in [3.8, 4) is 0 Å². The van der Waals surface area contributed by atoms with Gasteiger partial charge in [-0.1, -0.05) is 41.4 Å². The van der Waals surface area contributed by atoms with Crippen LogP contribution in [0.5, 0.6) is 0 Å². The Morgan fingerprint density at radius 2 is 1.47 bits per heavy atom. The van der Waals surface area contributed by atoms with Crippen molar-refractivity contribution < 1.29 is 13.2 Å². The van der Waals surface area contributed by atoms with Crippen LogP contribution >= 0.6 is 11.6 Å². The smallest absolute Gasteiger partial charge is 0.263 e. The van der Waals surface area contributed by atoms with Gasteiger partial charge in [-0.15, -0.1) is 0 Å². The second-order valence-electron chi connectivity index (χ2n) is 7.80. The SMILES string of the molecule is Cc1ccc(NS(=O)(=O)c2cc(C(=O)Nc3ccc(Cc4ccncc4)cc3)ccc2Cl)cc1. The number of rotatable bonds is 7. The van der Waals surface area contributed by atoms with Crippen LogP contribution in [0.3, 0.4) is 0 Å². The van der Waals surface area contributed by atoms with Crippen molar-refractivity contribution in [3.05, 3.63) is 119 Å². The van der Waals surface area contributed by atoms with Gasteiger partial charge in [-0.25, -0.2) is 8.42 Å². The number of nitrogens with zero attached hydrogens (tertiary/aromatic N) is 1. The molecule has 6 nitrogen and oxygen atoms in total. The van der Waals surface area contributed by atoms with Gasteiger partial charge in [-0.2, -0.15) is 0 Å². The van der Waals surface area contributed by atoms with Crippen molar-refractivity contribution in [1.29, 1.82) is 0 Å². The van der Waals surface area contributed by atoms with Gasteiger partial charge in [0.25, 0.3) is 15.9 Å². The molecule has 4 rings (SSSR count). The fourth-order valence-corrected chi connectivity index (χ4v) is 4.91. The molecule has 4 aromatic rings. The Labute approximate surface area is 203 Å². The van der Waals surface area contributed by atoms with Crippen molar-refractivity contribution in [3.63, 3.8) is 0 Å². The lowest BCUT2D eigenvalue weighted by Gasteiger charge is -2.12. The van der Waals surface area contributed by atoms with Gasteiger partial charge in [0, 0.05) is 29.3 Å². The number of sulfonamides is 1. The van der Waals surface area contributed by atoms with E-state index in [1.165, 1.54) is 18.2 Å². The summed E-state index contributed by atoms with van der Waals surface area (Å²) in [6.07, 6.45) is 4.25. The van der Waals surface area contributed by atoms with E-state index < -0.39 is 15.9 Å². The van der Waals surface area contributed by atoms with Crippen LogP contribution in [0.1, 0.15) is 27.0 Å². The van der Waals surface area contributed by atoms with Crippen LogP contribution in [-0.4, -0.2) is 19.3 Å². The molecule has 0 spiro atoms. The molecule has 0 unspecified atom stereocenters. The van der Waals surface area contributed by atoms with Crippen molar-refractivity contribution in [2.24, 2.45) is 0 Å². The standard InChI is InChI=1S/C26H22ClN3O3S/c1-18-2-7-23(8-3-18)30-34(32,33)25-17-21(6-11-24(25)27)26(31)29-22-9-4-19(5-10-22)16-20-12-14-28-15-13-20/h2-15,17,30H,16H2,1H3,(H,29,31). The summed E-state index contributed by atoms with van der Waals surface area (Å²) in [4.78, 5) is 16.6. The van der Waals surface area contributed by atoms with Crippen molar-refractivity contribution in [2.75, 3.05) is 10.0 Å². The minimum absolute atomic E-state index is 0.0247. The highest BCUT2D eigenvalue weighted by atomic mass is 35.5. The topological polar surface area (TPSA) is 88.2 Å². The minimum Gasteiger partial charge on any atom is -0.322 e. The Morgan fingerprint density at radius 3 is 2.15 bits per heavy atom. The second-order valence-corrected chi connectivity index (χ2v) is 9.86. The summed E-state index contributed by atoms with van der Waals surface area (Å²) in [5, 5.41) is 2.82. The van der Waals surface area contributed by atoms with Crippen molar-refractivity contribution >= 4 is 38.9 Å². The Hall–Kier alpha value is -3.68. The molecule has 2 N–H and O–H groups in total. The number of aryl methyl sites for hydroxylation is 1. The first kappa shape index (κ1) is 23.5. The van der Waals surface area contributed by atoms with Gasteiger partial charge in [-0.3, -0.25) is 14.5 Å². The van der Waals surface area contributed by atoms with Crippen LogP contribution in [0.15, 0.2) is 96.2 Å². The number of hydrogen-bond acceptors (Lipinski definition) is 4. The fourth-order valence-electron chi connectivity index (χ4n) is 3.33.